The predicted molar refractivity (Wildman–Crippen MR) is 102 cm³/mol. The average Bonchev–Trinajstić information content (AvgIpc) is 3.15. The van der Waals surface area contributed by atoms with E-state index in [0.717, 1.165) is 11.4 Å². The highest BCUT2D eigenvalue weighted by atomic mass is 32.1. The summed E-state index contributed by atoms with van der Waals surface area (Å²) < 4.78 is 10.8. The van der Waals surface area contributed by atoms with Crippen LogP contribution in [0.1, 0.15) is 10.4 Å². The van der Waals surface area contributed by atoms with E-state index in [1.165, 1.54) is 18.4 Å². The molecular weight excluding hydrogens is 350 g/mol. The van der Waals surface area contributed by atoms with Crippen LogP contribution in [-0.2, 0) is 0 Å². The van der Waals surface area contributed by atoms with Gasteiger partial charge in [0.25, 0.3) is 5.91 Å². The maximum absolute atomic E-state index is 12.5. The second-order valence-electron chi connectivity index (χ2n) is 5.17. The zero-order valence-corrected chi connectivity index (χ0v) is 15.0. The first-order chi connectivity index (χ1) is 12.7. The summed E-state index contributed by atoms with van der Waals surface area (Å²) in [5.74, 6) is 0.754. The molecule has 0 saturated heterocycles. The minimum Gasteiger partial charge on any atom is -0.493 e. The maximum atomic E-state index is 12.5. The summed E-state index contributed by atoms with van der Waals surface area (Å²) in [5.41, 5.74) is 1.92. The molecule has 0 fully saturated rings. The van der Waals surface area contributed by atoms with Crippen molar-refractivity contribution >= 4 is 22.4 Å². The van der Waals surface area contributed by atoms with Crippen LogP contribution in [0.5, 0.6) is 11.5 Å². The molecule has 132 valence electrons. The molecule has 3 aromatic rings. The highest BCUT2D eigenvalue weighted by molar-refractivity contribution is 7.14. The maximum Gasteiger partial charge on any atom is 0.257 e. The Morgan fingerprint density at radius 3 is 2.88 bits per heavy atom. The number of carbonyl (C=O) groups excluding carboxylic acids is 1. The minimum atomic E-state index is -0.277. The summed E-state index contributed by atoms with van der Waals surface area (Å²) >= 11 is 1.34. The third-order valence-corrected chi connectivity index (χ3v) is 4.19. The van der Waals surface area contributed by atoms with E-state index < -0.39 is 0 Å². The van der Waals surface area contributed by atoms with E-state index in [1.54, 1.807) is 30.5 Å². The van der Waals surface area contributed by atoms with Gasteiger partial charge in [-0.05, 0) is 30.3 Å². The van der Waals surface area contributed by atoms with Crippen molar-refractivity contribution in [3.63, 3.8) is 0 Å². The Hall–Kier alpha value is -3.19. The molecule has 2 aromatic heterocycles. The highest BCUT2D eigenvalue weighted by Gasteiger charge is 2.13. The molecule has 1 aromatic carbocycles. The van der Waals surface area contributed by atoms with Gasteiger partial charge in [-0.2, -0.15) is 0 Å². The van der Waals surface area contributed by atoms with Gasteiger partial charge in [0.2, 0.25) is 0 Å². The molecule has 0 radical (unpaired) electrons. The lowest BCUT2D eigenvalue weighted by molar-refractivity contribution is 0.102. The smallest absolute Gasteiger partial charge is 0.257 e. The molecule has 0 aliphatic heterocycles. The number of nitrogens with zero attached hydrogens (tertiary/aromatic N) is 2. The number of benzene rings is 1. The number of pyridine rings is 1. The molecule has 0 spiro atoms. The summed E-state index contributed by atoms with van der Waals surface area (Å²) in [6.07, 6.45) is 3.34. The van der Waals surface area contributed by atoms with Crippen LogP contribution in [0, 0.1) is 0 Å². The Bertz CT molecular complexity index is 909. The second kappa shape index (κ2) is 8.26. The number of amides is 1. The van der Waals surface area contributed by atoms with Crippen molar-refractivity contribution in [1.82, 2.24) is 9.97 Å². The van der Waals surface area contributed by atoms with Crippen molar-refractivity contribution in [2.45, 2.75) is 0 Å². The van der Waals surface area contributed by atoms with E-state index in [-0.39, 0.29) is 5.91 Å². The molecule has 1 amide bonds. The van der Waals surface area contributed by atoms with Crippen LogP contribution in [0.15, 0.2) is 60.6 Å². The van der Waals surface area contributed by atoms with Gasteiger partial charge in [0, 0.05) is 17.1 Å². The molecule has 0 bridgehead atoms. The van der Waals surface area contributed by atoms with Crippen LogP contribution in [-0.4, -0.2) is 29.6 Å². The Morgan fingerprint density at radius 1 is 1.27 bits per heavy atom. The first kappa shape index (κ1) is 17.6. The topological polar surface area (TPSA) is 73.3 Å². The number of ether oxygens (including phenoxy) is 2. The lowest BCUT2D eigenvalue weighted by Crippen LogP contribution is -2.12. The Labute approximate surface area is 155 Å². The molecule has 0 aliphatic rings. The van der Waals surface area contributed by atoms with Crippen molar-refractivity contribution < 1.29 is 14.3 Å². The van der Waals surface area contributed by atoms with Crippen LogP contribution >= 0.6 is 11.3 Å². The van der Waals surface area contributed by atoms with Gasteiger partial charge in [-0.25, -0.2) is 4.98 Å². The van der Waals surface area contributed by atoms with Crippen molar-refractivity contribution in [3.05, 3.63) is 66.2 Å². The first-order valence-corrected chi connectivity index (χ1v) is 8.69. The number of nitrogens with one attached hydrogen (secondary N) is 1. The monoisotopic (exact) mass is 367 g/mol. The van der Waals surface area contributed by atoms with E-state index in [9.17, 15) is 4.79 Å². The van der Waals surface area contributed by atoms with E-state index >= 15 is 0 Å². The van der Waals surface area contributed by atoms with Gasteiger partial charge in [-0.15, -0.1) is 11.3 Å². The Kier molecular flexibility index (Phi) is 5.60. The molecular formula is C19H17N3O3S. The number of rotatable bonds is 7. The van der Waals surface area contributed by atoms with E-state index in [1.807, 2.05) is 23.6 Å². The number of aromatic nitrogens is 2. The average molecular weight is 367 g/mol. The third-order valence-electron chi connectivity index (χ3n) is 3.43. The molecule has 1 N–H and O–H groups in total. The number of carbonyl (C=O) groups is 1. The van der Waals surface area contributed by atoms with Gasteiger partial charge < -0.3 is 9.47 Å². The number of hydrogen-bond donors (Lipinski definition) is 1. The fourth-order valence-corrected chi connectivity index (χ4v) is 2.91. The molecule has 2 heterocycles. The summed E-state index contributed by atoms with van der Waals surface area (Å²) in [7, 11) is 1.53. The zero-order chi connectivity index (χ0) is 18.4. The molecule has 0 saturated carbocycles. The van der Waals surface area contributed by atoms with E-state index in [4.69, 9.17) is 9.47 Å². The number of thiazole rings is 1. The number of hydrogen-bond acceptors (Lipinski definition) is 6. The number of anilines is 1. The second-order valence-corrected chi connectivity index (χ2v) is 6.03. The Morgan fingerprint density at radius 2 is 2.15 bits per heavy atom. The number of methoxy groups -OCH3 is 1. The first-order valence-electron chi connectivity index (χ1n) is 7.81. The van der Waals surface area contributed by atoms with E-state index in [0.29, 0.717) is 28.8 Å². The molecule has 3 rings (SSSR count). The van der Waals surface area contributed by atoms with Gasteiger partial charge in [-0.1, -0.05) is 18.7 Å². The zero-order valence-electron chi connectivity index (χ0n) is 14.1. The summed E-state index contributed by atoms with van der Waals surface area (Å²) in [6, 6.07) is 10.6. The van der Waals surface area contributed by atoms with Crippen LogP contribution in [0.3, 0.4) is 0 Å². The molecule has 0 atom stereocenters. The SMILES string of the molecule is C=CCOc1ccc(C(=O)Nc2nc(-c3ccccn3)cs2)cc1OC. The van der Waals surface area contributed by atoms with Gasteiger partial charge in [0.05, 0.1) is 12.8 Å². The summed E-state index contributed by atoms with van der Waals surface area (Å²) in [4.78, 5) is 21.1. The van der Waals surface area contributed by atoms with Crippen molar-refractivity contribution in [3.8, 4) is 22.9 Å². The van der Waals surface area contributed by atoms with Crippen LogP contribution in [0.4, 0.5) is 5.13 Å². The van der Waals surface area contributed by atoms with Crippen molar-refractivity contribution in [1.29, 1.82) is 0 Å². The van der Waals surface area contributed by atoms with Gasteiger partial charge >= 0.3 is 0 Å². The standard InChI is InChI=1S/C19H17N3O3S/c1-3-10-25-16-8-7-13(11-17(16)24-2)18(23)22-19-21-15(12-26-19)14-6-4-5-9-20-14/h3-9,11-12H,1,10H2,2H3,(H,21,22,23). The molecule has 26 heavy (non-hydrogen) atoms. The summed E-state index contributed by atoms with van der Waals surface area (Å²) in [6.45, 7) is 3.97. The fourth-order valence-electron chi connectivity index (χ4n) is 2.21. The lowest BCUT2D eigenvalue weighted by Gasteiger charge is -2.10. The van der Waals surface area contributed by atoms with Crippen LogP contribution in [0.2, 0.25) is 0 Å². The normalized spacial score (nSPS) is 10.2. The minimum absolute atomic E-state index is 0.277. The Balaban J connectivity index is 1.74. The van der Waals surface area contributed by atoms with Crippen molar-refractivity contribution in [2.75, 3.05) is 19.0 Å². The lowest BCUT2D eigenvalue weighted by atomic mass is 10.2. The van der Waals surface area contributed by atoms with Gasteiger partial charge in [-0.3, -0.25) is 15.1 Å². The summed E-state index contributed by atoms with van der Waals surface area (Å²) in [5, 5.41) is 5.14. The van der Waals surface area contributed by atoms with Crippen molar-refractivity contribution in [2.24, 2.45) is 0 Å². The third kappa shape index (κ3) is 4.07. The highest BCUT2D eigenvalue weighted by Crippen LogP contribution is 2.29. The molecule has 0 unspecified atom stereocenters. The largest absolute Gasteiger partial charge is 0.493 e. The molecule has 7 heteroatoms. The van der Waals surface area contributed by atoms with Gasteiger partial charge in [0.1, 0.15) is 12.3 Å². The van der Waals surface area contributed by atoms with Crippen LogP contribution < -0.4 is 14.8 Å². The van der Waals surface area contributed by atoms with E-state index in [2.05, 4.69) is 21.9 Å². The molecule has 0 aliphatic carbocycles. The van der Waals surface area contributed by atoms with Gasteiger partial charge in [0.15, 0.2) is 16.6 Å². The van der Waals surface area contributed by atoms with Crippen LogP contribution in [0.25, 0.3) is 11.4 Å². The fraction of sp³-hybridized carbons (Fsp3) is 0.105. The molecule has 6 nitrogen and oxygen atoms in total. The predicted octanol–water partition coefficient (Wildman–Crippen LogP) is 4.03. The quantitative estimate of drug-likeness (QED) is 0.638.